The Morgan fingerprint density at radius 3 is 2.75 bits per heavy atom. The van der Waals surface area contributed by atoms with Gasteiger partial charge >= 0.3 is 0 Å². The minimum absolute atomic E-state index is 0.253. The lowest BCUT2D eigenvalue weighted by Crippen LogP contribution is -2.29. The molecule has 1 aromatic heterocycles. The monoisotopic (exact) mass is 242 g/mol. The van der Waals surface area contributed by atoms with Gasteiger partial charge in [-0.15, -0.1) is 0 Å². The Morgan fingerprint density at radius 2 is 2.12 bits per heavy atom. The molecule has 5 nitrogen and oxygen atoms in total. The van der Waals surface area contributed by atoms with Gasteiger partial charge in [-0.3, -0.25) is 4.79 Å². The van der Waals surface area contributed by atoms with E-state index in [1.165, 1.54) is 4.68 Å². The quantitative estimate of drug-likeness (QED) is 0.836. The van der Waals surface area contributed by atoms with Gasteiger partial charge in [0.25, 0.3) is 5.56 Å². The van der Waals surface area contributed by atoms with Crippen LogP contribution >= 0.6 is 11.6 Å². The van der Waals surface area contributed by atoms with Crippen molar-refractivity contribution >= 4 is 17.3 Å². The largest absolute Gasteiger partial charge is 0.369 e. The Morgan fingerprint density at radius 1 is 1.44 bits per heavy atom. The van der Waals surface area contributed by atoms with E-state index < -0.39 is 0 Å². The van der Waals surface area contributed by atoms with Gasteiger partial charge in [-0.1, -0.05) is 11.6 Å². The SMILES string of the molecule is NCCn1ncc(N2CCCC2)c(Cl)c1=O. The molecule has 88 valence electrons. The van der Waals surface area contributed by atoms with Crippen LogP contribution in [0.2, 0.25) is 5.02 Å². The first kappa shape index (κ1) is 11.4. The van der Waals surface area contributed by atoms with E-state index in [2.05, 4.69) is 10.00 Å². The molecule has 0 amide bonds. The van der Waals surface area contributed by atoms with Crippen molar-refractivity contribution in [1.82, 2.24) is 9.78 Å². The second kappa shape index (κ2) is 4.84. The number of anilines is 1. The number of hydrogen-bond donors (Lipinski definition) is 1. The first-order valence-corrected chi connectivity index (χ1v) is 5.82. The van der Waals surface area contributed by atoms with E-state index in [-0.39, 0.29) is 10.6 Å². The van der Waals surface area contributed by atoms with Gasteiger partial charge < -0.3 is 10.6 Å². The molecular weight excluding hydrogens is 228 g/mol. The molecule has 1 aromatic rings. The van der Waals surface area contributed by atoms with E-state index in [1.807, 2.05) is 0 Å². The number of halogens is 1. The third-order valence-corrected chi connectivity index (χ3v) is 3.11. The third-order valence-electron chi connectivity index (χ3n) is 2.75. The van der Waals surface area contributed by atoms with Crippen molar-refractivity contribution in [1.29, 1.82) is 0 Å². The molecule has 0 aromatic carbocycles. The lowest BCUT2D eigenvalue weighted by Gasteiger charge is -2.18. The van der Waals surface area contributed by atoms with Gasteiger partial charge in [0.05, 0.1) is 18.4 Å². The van der Waals surface area contributed by atoms with Crippen LogP contribution in [0.5, 0.6) is 0 Å². The van der Waals surface area contributed by atoms with Crippen molar-refractivity contribution in [3.8, 4) is 0 Å². The summed E-state index contributed by atoms with van der Waals surface area (Å²) in [5, 5.41) is 4.33. The van der Waals surface area contributed by atoms with Gasteiger partial charge in [0.2, 0.25) is 0 Å². The Balaban J connectivity index is 2.34. The maximum Gasteiger partial charge on any atom is 0.287 e. The topological polar surface area (TPSA) is 64.2 Å². The second-order valence-electron chi connectivity index (χ2n) is 3.85. The minimum Gasteiger partial charge on any atom is -0.369 e. The molecule has 1 fully saturated rings. The molecule has 0 saturated carbocycles. The molecule has 0 spiro atoms. The highest BCUT2D eigenvalue weighted by Gasteiger charge is 2.18. The van der Waals surface area contributed by atoms with Crippen LogP contribution in [0, 0.1) is 0 Å². The summed E-state index contributed by atoms with van der Waals surface area (Å²) in [6.45, 7) is 2.68. The third kappa shape index (κ3) is 2.05. The van der Waals surface area contributed by atoms with Gasteiger partial charge in [-0.05, 0) is 12.8 Å². The van der Waals surface area contributed by atoms with Crippen molar-refractivity contribution < 1.29 is 0 Å². The summed E-state index contributed by atoms with van der Waals surface area (Å²) in [5.74, 6) is 0. The highest BCUT2D eigenvalue weighted by atomic mass is 35.5. The second-order valence-corrected chi connectivity index (χ2v) is 4.23. The van der Waals surface area contributed by atoms with E-state index >= 15 is 0 Å². The summed E-state index contributed by atoms with van der Waals surface area (Å²) in [5.41, 5.74) is 5.88. The summed E-state index contributed by atoms with van der Waals surface area (Å²) in [7, 11) is 0. The number of nitrogens with zero attached hydrogens (tertiary/aromatic N) is 3. The van der Waals surface area contributed by atoms with Crippen LogP contribution in [0.4, 0.5) is 5.69 Å². The average molecular weight is 243 g/mol. The Bertz CT molecular complexity index is 425. The van der Waals surface area contributed by atoms with Crippen LogP contribution in [0.3, 0.4) is 0 Å². The standard InChI is InChI=1S/C10H15ClN4O/c11-9-8(14-4-1-2-5-14)7-13-15(6-3-12)10(9)16/h7H,1-6,12H2. The van der Waals surface area contributed by atoms with E-state index in [1.54, 1.807) is 6.20 Å². The number of aromatic nitrogens is 2. The smallest absolute Gasteiger partial charge is 0.287 e. The fourth-order valence-electron chi connectivity index (χ4n) is 1.92. The average Bonchev–Trinajstić information content (AvgIpc) is 2.79. The zero-order valence-corrected chi connectivity index (χ0v) is 9.78. The molecule has 2 N–H and O–H groups in total. The zero-order valence-electron chi connectivity index (χ0n) is 9.03. The molecule has 1 aliphatic rings. The van der Waals surface area contributed by atoms with Crippen molar-refractivity contribution in [3.05, 3.63) is 21.6 Å². The van der Waals surface area contributed by atoms with Crippen molar-refractivity contribution in [3.63, 3.8) is 0 Å². The first-order chi connectivity index (χ1) is 7.74. The summed E-state index contributed by atoms with van der Waals surface area (Å²) in [6, 6.07) is 0. The predicted molar refractivity (Wildman–Crippen MR) is 64.0 cm³/mol. The van der Waals surface area contributed by atoms with Gasteiger partial charge in [-0.25, -0.2) is 4.68 Å². The Kier molecular flexibility index (Phi) is 3.46. The lowest BCUT2D eigenvalue weighted by atomic mass is 10.4. The zero-order chi connectivity index (χ0) is 11.5. The predicted octanol–water partition coefficient (Wildman–Crippen LogP) is 0.456. The fourth-order valence-corrected chi connectivity index (χ4v) is 2.18. The van der Waals surface area contributed by atoms with Gasteiger partial charge in [0.15, 0.2) is 0 Å². The molecular formula is C10H15ClN4O. The van der Waals surface area contributed by atoms with E-state index in [4.69, 9.17) is 17.3 Å². The number of nitrogens with two attached hydrogens (primary N) is 1. The van der Waals surface area contributed by atoms with Crippen LogP contribution in [0.15, 0.2) is 11.0 Å². The summed E-state index contributed by atoms with van der Waals surface area (Å²) < 4.78 is 1.31. The van der Waals surface area contributed by atoms with E-state index in [9.17, 15) is 4.79 Å². The van der Waals surface area contributed by atoms with E-state index in [0.29, 0.717) is 13.1 Å². The van der Waals surface area contributed by atoms with Gasteiger partial charge in [0, 0.05) is 19.6 Å². The molecule has 2 heterocycles. The molecule has 2 rings (SSSR count). The molecule has 0 atom stereocenters. The van der Waals surface area contributed by atoms with E-state index in [0.717, 1.165) is 31.6 Å². The molecule has 1 aliphatic heterocycles. The van der Waals surface area contributed by atoms with Crippen LogP contribution < -0.4 is 16.2 Å². The normalized spacial score (nSPS) is 15.8. The Hall–Kier alpha value is -1.07. The van der Waals surface area contributed by atoms with Crippen LogP contribution in [0.1, 0.15) is 12.8 Å². The maximum atomic E-state index is 11.8. The van der Waals surface area contributed by atoms with Gasteiger partial charge in [0.1, 0.15) is 5.02 Å². The lowest BCUT2D eigenvalue weighted by molar-refractivity contribution is 0.586. The first-order valence-electron chi connectivity index (χ1n) is 5.44. The maximum absolute atomic E-state index is 11.8. The van der Waals surface area contributed by atoms with Crippen LogP contribution in [-0.2, 0) is 6.54 Å². The minimum atomic E-state index is -0.253. The van der Waals surface area contributed by atoms with Crippen molar-refractivity contribution in [2.45, 2.75) is 19.4 Å². The fraction of sp³-hybridized carbons (Fsp3) is 0.600. The van der Waals surface area contributed by atoms with Crippen LogP contribution in [0.25, 0.3) is 0 Å². The summed E-state index contributed by atoms with van der Waals surface area (Å²) >= 11 is 6.06. The highest BCUT2D eigenvalue weighted by Crippen LogP contribution is 2.24. The summed E-state index contributed by atoms with van der Waals surface area (Å²) in [6.07, 6.45) is 3.94. The molecule has 0 bridgehead atoms. The molecule has 16 heavy (non-hydrogen) atoms. The Labute approximate surface area is 98.8 Å². The highest BCUT2D eigenvalue weighted by molar-refractivity contribution is 6.33. The molecule has 0 aliphatic carbocycles. The molecule has 0 unspecified atom stereocenters. The number of rotatable bonds is 3. The van der Waals surface area contributed by atoms with Crippen molar-refractivity contribution in [2.24, 2.45) is 5.73 Å². The molecule has 6 heteroatoms. The molecule has 1 saturated heterocycles. The molecule has 0 radical (unpaired) electrons. The van der Waals surface area contributed by atoms with Crippen molar-refractivity contribution in [2.75, 3.05) is 24.5 Å². The summed E-state index contributed by atoms with van der Waals surface area (Å²) in [4.78, 5) is 13.9. The van der Waals surface area contributed by atoms with Crippen LogP contribution in [-0.4, -0.2) is 29.4 Å². The van der Waals surface area contributed by atoms with Gasteiger partial charge in [-0.2, -0.15) is 5.10 Å². The number of hydrogen-bond acceptors (Lipinski definition) is 4.